The van der Waals surface area contributed by atoms with Gasteiger partial charge in [-0.3, -0.25) is 0 Å². The van der Waals surface area contributed by atoms with Crippen LogP contribution in [-0.4, -0.2) is 13.6 Å². The zero-order valence-corrected chi connectivity index (χ0v) is 11.3. The molecule has 1 aromatic rings. The van der Waals surface area contributed by atoms with E-state index < -0.39 is 0 Å². The van der Waals surface area contributed by atoms with E-state index in [4.69, 9.17) is 5.73 Å². The lowest BCUT2D eigenvalue weighted by atomic mass is 10.0. The van der Waals surface area contributed by atoms with Crippen molar-refractivity contribution in [2.45, 2.75) is 39.7 Å². The van der Waals surface area contributed by atoms with E-state index in [1.54, 1.807) is 13.0 Å². The van der Waals surface area contributed by atoms with Crippen LogP contribution in [0, 0.1) is 12.7 Å². The fourth-order valence-electron chi connectivity index (χ4n) is 1.89. The van der Waals surface area contributed by atoms with Gasteiger partial charge in [0, 0.05) is 25.3 Å². The monoisotopic (exact) mass is 238 g/mol. The molecule has 0 amide bonds. The molecule has 0 radical (unpaired) electrons. The predicted octanol–water partition coefficient (Wildman–Crippen LogP) is 3.39. The largest absolute Gasteiger partial charge is 0.374 e. The van der Waals surface area contributed by atoms with Crippen LogP contribution in [0.15, 0.2) is 12.1 Å². The first-order valence-corrected chi connectivity index (χ1v) is 6.24. The molecule has 1 unspecified atom stereocenters. The van der Waals surface area contributed by atoms with E-state index in [-0.39, 0.29) is 11.9 Å². The number of halogens is 1. The molecule has 0 aliphatic rings. The van der Waals surface area contributed by atoms with Gasteiger partial charge >= 0.3 is 0 Å². The zero-order chi connectivity index (χ0) is 13.0. The normalized spacial score (nSPS) is 12.6. The Labute approximate surface area is 104 Å². The summed E-state index contributed by atoms with van der Waals surface area (Å²) < 4.78 is 13.6. The van der Waals surface area contributed by atoms with Gasteiger partial charge in [0.15, 0.2) is 0 Å². The molecular weight excluding hydrogens is 215 g/mol. The van der Waals surface area contributed by atoms with Crippen LogP contribution < -0.4 is 10.6 Å². The molecule has 0 saturated heterocycles. The van der Waals surface area contributed by atoms with Crippen LogP contribution >= 0.6 is 0 Å². The Morgan fingerprint density at radius 3 is 2.59 bits per heavy atom. The quantitative estimate of drug-likeness (QED) is 0.852. The first-order valence-electron chi connectivity index (χ1n) is 6.24. The average molecular weight is 238 g/mol. The number of hydrogen-bond acceptors (Lipinski definition) is 2. The van der Waals surface area contributed by atoms with Gasteiger partial charge in [-0.2, -0.15) is 0 Å². The third kappa shape index (κ3) is 3.43. The minimum Gasteiger partial charge on any atom is -0.374 e. The van der Waals surface area contributed by atoms with Crippen molar-refractivity contribution in [3.8, 4) is 0 Å². The van der Waals surface area contributed by atoms with Gasteiger partial charge in [0.2, 0.25) is 0 Å². The fraction of sp³-hybridized carbons (Fsp3) is 0.571. The van der Waals surface area contributed by atoms with Crippen molar-refractivity contribution in [1.82, 2.24) is 0 Å². The number of rotatable bonds is 5. The molecule has 1 aromatic carbocycles. The standard InChI is InChI=1S/C14H23FN2/c1-5-6-7-17(4)14-8-10(2)13(15)9-12(14)11(3)16/h8-9,11H,5-7,16H2,1-4H3. The Kier molecular flexibility index (Phi) is 4.94. The van der Waals surface area contributed by atoms with Gasteiger partial charge in [-0.15, -0.1) is 0 Å². The summed E-state index contributed by atoms with van der Waals surface area (Å²) in [5.74, 6) is -0.176. The third-order valence-electron chi connectivity index (χ3n) is 3.06. The molecule has 1 rings (SSSR count). The minimum absolute atomic E-state index is 0.149. The van der Waals surface area contributed by atoms with Crippen molar-refractivity contribution >= 4 is 5.69 Å². The van der Waals surface area contributed by atoms with Crippen LogP contribution in [0.4, 0.5) is 10.1 Å². The van der Waals surface area contributed by atoms with Crippen molar-refractivity contribution in [3.63, 3.8) is 0 Å². The molecule has 1 atom stereocenters. The summed E-state index contributed by atoms with van der Waals surface area (Å²) in [4.78, 5) is 2.16. The van der Waals surface area contributed by atoms with Crippen molar-refractivity contribution in [3.05, 3.63) is 29.1 Å². The summed E-state index contributed by atoms with van der Waals surface area (Å²) in [6.07, 6.45) is 2.28. The minimum atomic E-state index is -0.176. The summed E-state index contributed by atoms with van der Waals surface area (Å²) >= 11 is 0. The van der Waals surface area contributed by atoms with Gasteiger partial charge in [-0.1, -0.05) is 13.3 Å². The van der Waals surface area contributed by atoms with Crippen LogP contribution in [-0.2, 0) is 0 Å². The Morgan fingerprint density at radius 2 is 2.06 bits per heavy atom. The number of hydrogen-bond donors (Lipinski definition) is 1. The second kappa shape index (κ2) is 6.01. The van der Waals surface area contributed by atoms with Gasteiger partial charge in [-0.05, 0) is 43.5 Å². The number of nitrogens with zero attached hydrogens (tertiary/aromatic N) is 1. The lowest BCUT2D eigenvalue weighted by molar-refractivity contribution is 0.612. The Morgan fingerprint density at radius 1 is 1.41 bits per heavy atom. The van der Waals surface area contributed by atoms with Gasteiger partial charge in [-0.25, -0.2) is 4.39 Å². The van der Waals surface area contributed by atoms with Crippen molar-refractivity contribution in [2.24, 2.45) is 5.73 Å². The van der Waals surface area contributed by atoms with Gasteiger partial charge in [0.25, 0.3) is 0 Å². The molecule has 0 bridgehead atoms. The van der Waals surface area contributed by atoms with E-state index >= 15 is 0 Å². The van der Waals surface area contributed by atoms with Crippen molar-refractivity contribution in [1.29, 1.82) is 0 Å². The lowest BCUT2D eigenvalue weighted by Crippen LogP contribution is -2.22. The molecule has 0 saturated carbocycles. The summed E-state index contributed by atoms with van der Waals surface area (Å²) in [6, 6.07) is 3.31. The van der Waals surface area contributed by atoms with Gasteiger partial charge in [0.05, 0.1) is 0 Å². The highest BCUT2D eigenvalue weighted by Crippen LogP contribution is 2.27. The highest BCUT2D eigenvalue weighted by Gasteiger charge is 2.13. The maximum Gasteiger partial charge on any atom is 0.126 e. The molecule has 3 heteroatoms. The second-order valence-electron chi connectivity index (χ2n) is 4.72. The topological polar surface area (TPSA) is 29.3 Å². The number of aryl methyl sites for hydroxylation is 1. The van der Waals surface area contributed by atoms with E-state index in [0.717, 1.165) is 30.6 Å². The molecule has 96 valence electrons. The highest BCUT2D eigenvalue weighted by molar-refractivity contribution is 5.56. The van der Waals surface area contributed by atoms with E-state index in [0.29, 0.717) is 5.56 Å². The highest BCUT2D eigenvalue weighted by atomic mass is 19.1. The number of anilines is 1. The molecule has 0 aliphatic heterocycles. The van der Waals surface area contributed by atoms with Crippen LogP contribution in [0.1, 0.15) is 43.9 Å². The first-order chi connectivity index (χ1) is 7.97. The van der Waals surface area contributed by atoms with Crippen LogP contribution in [0.25, 0.3) is 0 Å². The van der Waals surface area contributed by atoms with E-state index in [2.05, 4.69) is 11.8 Å². The smallest absolute Gasteiger partial charge is 0.126 e. The molecule has 0 aromatic heterocycles. The molecular formula is C14H23FN2. The summed E-state index contributed by atoms with van der Waals surface area (Å²) in [5.41, 5.74) is 8.51. The molecule has 17 heavy (non-hydrogen) atoms. The van der Waals surface area contributed by atoms with Crippen molar-refractivity contribution in [2.75, 3.05) is 18.5 Å². The summed E-state index contributed by atoms with van der Waals surface area (Å²) in [6.45, 7) is 6.82. The first kappa shape index (κ1) is 14.0. The average Bonchev–Trinajstić information content (AvgIpc) is 2.28. The summed E-state index contributed by atoms with van der Waals surface area (Å²) in [5, 5.41) is 0. The van der Waals surface area contributed by atoms with Gasteiger partial charge < -0.3 is 10.6 Å². The predicted molar refractivity (Wildman–Crippen MR) is 71.9 cm³/mol. The molecule has 2 N–H and O–H groups in total. The Hall–Kier alpha value is -1.09. The molecule has 0 fully saturated rings. The number of benzene rings is 1. The molecule has 0 spiro atoms. The maximum absolute atomic E-state index is 13.6. The fourth-order valence-corrected chi connectivity index (χ4v) is 1.89. The van der Waals surface area contributed by atoms with Crippen LogP contribution in [0.3, 0.4) is 0 Å². The zero-order valence-electron chi connectivity index (χ0n) is 11.3. The van der Waals surface area contributed by atoms with Crippen molar-refractivity contribution < 1.29 is 4.39 Å². The van der Waals surface area contributed by atoms with Gasteiger partial charge in [0.1, 0.15) is 5.82 Å². The number of nitrogens with two attached hydrogens (primary N) is 1. The lowest BCUT2D eigenvalue weighted by Gasteiger charge is -2.24. The molecule has 0 heterocycles. The summed E-state index contributed by atoms with van der Waals surface area (Å²) in [7, 11) is 2.04. The third-order valence-corrected chi connectivity index (χ3v) is 3.06. The van der Waals surface area contributed by atoms with E-state index in [9.17, 15) is 4.39 Å². The van der Waals surface area contributed by atoms with E-state index in [1.807, 2.05) is 20.0 Å². The number of unbranched alkanes of at least 4 members (excludes halogenated alkanes) is 1. The molecule has 2 nitrogen and oxygen atoms in total. The molecule has 0 aliphatic carbocycles. The SMILES string of the molecule is CCCCN(C)c1cc(C)c(F)cc1C(C)N. The Balaban J connectivity index is 3.07. The van der Waals surface area contributed by atoms with Crippen LogP contribution in [0.2, 0.25) is 0 Å². The maximum atomic E-state index is 13.6. The second-order valence-corrected chi connectivity index (χ2v) is 4.72. The Bertz CT molecular complexity index is 375. The van der Waals surface area contributed by atoms with Crippen LogP contribution in [0.5, 0.6) is 0 Å². The van der Waals surface area contributed by atoms with E-state index in [1.165, 1.54) is 0 Å².